The first-order chi connectivity index (χ1) is 15.6. The van der Waals surface area contributed by atoms with E-state index in [1.165, 1.54) is 5.69 Å². The number of anilines is 2. The lowest BCUT2D eigenvalue weighted by molar-refractivity contribution is 0.122. The number of nitrogens with one attached hydrogen (secondary N) is 1. The number of methoxy groups -OCH3 is 1. The zero-order valence-electron chi connectivity index (χ0n) is 17.9. The van der Waals surface area contributed by atoms with E-state index in [4.69, 9.17) is 25.8 Å². The van der Waals surface area contributed by atoms with Gasteiger partial charge in [-0.1, -0.05) is 45.7 Å². The Balaban J connectivity index is 1.40. The Morgan fingerprint density at radius 2 is 1.75 bits per heavy atom. The molecule has 0 aromatic heterocycles. The number of benzene rings is 3. The summed E-state index contributed by atoms with van der Waals surface area (Å²) in [5, 5.41) is 4.17. The van der Waals surface area contributed by atoms with Crippen molar-refractivity contribution in [2.75, 3.05) is 43.6 Å². The number of halogens is 2. The van der Waals surface area contributed by atoms with Gasteiger partial charge in [0.25, 0.3) is 0 Å². The van der Waals surface area contributed by atoms with E-state index >= 15 is 0 Å². The monoisotopic (exact) mass is 516 g/mol. The minimum Gasteiger partial charge on any atom is -0.493 e. The van der Waals surface area contributed by atoms with Crippen molar-refractivity contribution in [3.63, 3.8) is 0 Å². The predicted molar refractivity (Wildman–Crippen MR) is 133 cm³/mol. The molecule has 0 aliphatic carbocycles. The molecule has 0 bridgehead atoms. The molecule has 5 nitrogen and oxygen atoms in total. The molecule has 0 radical (unpaired) electrons. The molecule has 1 aliphatic rings. The molecule has 3 aromatic carbocycles. The third kappa shape index (κ3) is 5.68. The van der Waals surface area contributed by atoms with Crippen molar-refractivity contribution in [1.29, 1.82) is 0 Å². The van der Waals surface area contributed by atoms with Gasteiger partial charge in [-0.15, -0.1) is 0 Å². The molecule has 1 aliphatic heterocycles. The van der Waals surface area contributed by atoms with Crippen LogP contribution in [-0.2, 0) is 17.9 Å². The van der Waals surface area contributed by atoms with Gasteiger partial charge in [-0.05, 0) is 48.0 Å². The molecule has 32 heavy (non-hydrogen) atoms. The summed E-state index contributed by atoms with van der Waals surface area (Å²) in [6.45, 7) is 4.46. The van der Waals surface area contributed by atoms with E-state index in [1.54, 1.807) is 7.11 Å². The largest absolute Gasteiger partial charge is 0.493 e. The molecule has 0 amide bonds. The van der Waals surface area contributed by atoms with Gasteiger partial charge in [-0.25, -0.2) is 0 Å². The third-order valence-electron chi connectivity index (χ3n) is 5.40. The van der Waals surface area contributed by atoms with Gasteiger partial charge in [0, 0.05) is 46.1 Å². The van der Waals surface area contributed by atoms with Gasteiger partial charge in [0.05, 0.1) is 20.3 Å². The second-order valence-electron chi connectivity index (χ2n) is 7.47. The average molecular weight is 518 g/mol. The fourth-order valence-electron chi connectivity index (χ4n) is 3.56. The van der Waals surface area contributed by atoms with Crippen molar-refractivity contribution < 1.29 is 14.2 Å². The number of hydrogen-bond donors (Lipinski definition) is 1. The molecule has 0 saturated carbocycles. The molecule has 1 N–H and O–H groups in total. The summed E-state index contributed by atoms with van der Waals surface area (Å²) in [5.74, 6) is 1.35. The van der Waals surface area contributed by atoms with Crippen molar-refractivity contribution >= 4 is 38.9 Å². The Kier molecular flexibility index (Phi) is 7.79. The molecule has 1 heterocycles. The van der Waals surface area contributed by atoms with E-state index in [2.05, 4.69) is 50.4 Å². The lowest BCUT2D eigenvalue weighted by atomic mass is 10.2. The molecule has 1 fully saturated rings. The molecule has 7 heteroatoms. The van der Waals surface area contributed by atoms with Crippen LogP contribution >= 0.6 is 27.5 Å². The zero-order valence-corrected chi connectivity index (χ0v) is 20.3. The van der Waals surface area contributed by atoms with Crippen LogP contribution in [0.25, 0.3) is 0 Å². The smallest absolute Gasteiger partial charge is 0.162 e. The van der Waals surface area contributed by atoms with Crippen molar-refractivity contribution in [3.8, 4) is 11.5 Å². The Labute approximate surface area is 202 Å². The highest BCUT2D eigenvalue weighted by molar-refractivity contribution is 9.10. The second-order valence-corrected chi connectivity index (χ2v) is 8.74. The number of hydrogen-bond acceptors (Lipinski definition) is 5. The van der Waals surface area contributed by atoms with Gasteiger partial charge in [0.2, 0.25) is 0 Å². The molecule has 3 aromatic rings. The van der Waals surface area contributed by atoms with E-state index < -0.39 is 0 Å². The average Bonchev–Trinajstić information content (AvgIpc) is 2.84. The van der Waals surface area contributed by atoms with Crippen LogP contribution < -0.4 is 19.7 Å². The Morgan fingerprint density at radius 1 is 1.00 bits per heavy atom. The lowest BCUT2D eigenvalue weighted by Crippen LogP contribution is -2.36. The molecule has 1 saturated heterocycles. The number of ether oxygens (including phenoxy) is 3. The van der Waals surface area contributed by atoms with Crippen LogP contribution in [0, 0.1) is 0 Å². The van der Waals surface area contributed by atoms with Crippen LogP contribution in [0.2, 0.25) is 5.02 Å². The minimum atomic E-state index is 0.371. The van der Waals surface area contributed by atoms with Gasteiger partial charge in [-0.3, -0.25) is 0 Å². The van der Waals surface area contributed by atoms with Gasteiger partial charge < -0.3 is 24.4 Å². The van der Waals surface area contributed by atoms with E-state index in [1.807, 2.05) is 36.4 Å². The van der Waals surface area contributed by atoms with E-state index in [9.17, 15) is 0 Å². The first kappa shape index (κ1) is 22.8. The van der Waals surface area contributed by atoms with Crippen molar-refractivity contribution in [2.24, 2.45) is 0 Å². The van der Waals surface area contributed by atoms with Gasteiger partial charge >= 0.3 is 0 Å². The molecular formula is C25H26BrClN2O3. The van der Waals surface area contributed by atoms with Crippen molar-refractivity contribution in [3.05, 3.63) is 81.3 Å². The highest BCUT2D eigenvalue weighted by Gasteiger charge is 2.13. The predicted octanol–water partition coefficient (Wildman–Crippen LogP) is 6.14. The van der Waals surface area contributed by atoms with E-state index in [0.717, 1.165) is 47.6 Å². The summed E-state index contributed by atoms with van der Waals surface area (Å²) in [7, 11) is 1.65. The van der Waals surface area contributed by atoms with Crippen LogP contribution in [0.4, 0.5) is 11.4 Å². The summed E-state index contributed by atoms with van der Waals surface area (Å²) in [5.41, 5.74) is 4.29. The van der Waals surface area contributed by atoms with E-state index in [0.29, 0.717) is 29.7 Å². The van der Waals surface area contributed by atoms with Gasteiger partial charge in [-0.2, -0.15) is 0 Å². The van der Waals surface area contributed by atoms with Crippen LogP contribution in [0.15, 0.2) is 65.1 Å². The first-order valence-corrected chi connectivity index (χ1v) is 11.7. The molecule has 4 rings (SSSR count). The van der Waals surface area contributed by atoms with Gasteiger partial charge in [0.15, 0.2) is 11.5 Å². The molecule has 0 spiro atoms. The highest BCUT2D eigenvalue weighted by Crippen LogP contribution is 2.35. The number of morpholine rings is 1. The number of nitrogens with zero attached hydrogens (tertiary/aromatic N) is 1. The number of rotatable bonds is 8. The maximum atomic E-state index is 6.24. The van der Waals surface area contributed by atoms with Gasteiger partial charge in [0.1, 0.15) is 6.61 Å². The van der Waals surface area contributed by atoms with E-state index in [-0.39, 0.29) is 0 Å². The fourth-order valence-corrected chi connectivity index (χ4v) is 4.22. The first-order valence-electron chi connectivity index (χ1n) is 10.5. The molecular weight excluding hydrogens is 492 g/mol. The minimum absolute atomic E-state index is 0.371. The zero-order chi connectivity index (χ0) is 22.3. The highest BCUT2D eigenvalue weighted by atomic mass is 79.9. The maximum Gasteiger partial charge on any atom is 0.162 e. The summed E-state index contributed by atoms with van der Waals surface area (Å²) < 4.78 is 17.9. The third-order valence-corrected chi connectivity index (χ3v) is 6.51. The normalized spacial score (nSPS) is 13.7. The Hall–Kier alpha value is -2.41. The molecule has 0 unspecified atom stereocenters. The second kappa shape index (κ2) is 10.9. The SMILES string of the molecule is COc1cc(CNc2ccc(N3CCOCC3)cc2)c(Br)cc1OCc1ccccc1Cl. The molecule has 0 atom stereocenters. The van der Waals surface area contributed by atoms with Crippen molar-refractivity contribution in [1.82, 2.24) is 0 Å². The molecule has 168 valence electrons. The quantitative estimate of drug-likeness (QED) is 0.389. The summed E-state index contributed by atoms with van der Waals surface area (Å²) in [4.78, 5) is 2.34. The van der Waals surface area contributed by atoms with Crippen LogP contribution in [0.5, 0.6) is 11.5 Å². The fraction of sp³-hybridized carbons (Fsp3) is 0.280. The topological polar surface area (TPSA) is 43.0 Å². The summed E-state index contributed by atoms with van der Waals surface area (Å²) in [6.07, 6.45) is 0. The Bertz CT molecular complexity index is 1040. The Morgan fingerprint density at radius 3 is 2.47 bits per heavy atom. The van der Waals surface area contributed by atoms with Crippen LogP contribution in [-0.4, -0.2) is 33.4 Å². The van der Waals surface area contributed by atoms with Crippen LogP contribution in [0.1, 0.15) is 11.1 Å². The summed E-state index contributed by atoms with van der Waals surface area (Å²) >= 11 is 9.91. The maximum absolute atomic E-state index is 6.24. The lowest BCUT2D eigenvalue weighted by Gasteiger charge is -2.29. The standard InChI is InChI=1S/C25H26BrClN2O3/c1-30-24-14-19(22(26)15-25(24)32-17-18-4-2-3-5-23(18)27)16-28-20-6-8-21(9-7-20)29-10-12-31-13-11-29/h2-9,14-15,28H,10-13,16-17H2,1H3. The van der Waals surface area contributed by atoms with Crippen molar-refractivity contribution in [2.45, 2.75) is 13.2 Å². The summed E-state index contributed by atoms with van der Waals surface area (Å²) in [6, 6.07) is 20.1. The van der Waals surface area contributed by atoms with Crippen LogP contribution in [0.3, 0.4) is 0 Å².